The minimum absolute atomic E-state index is 0.0209. The number of benzene rings is 1. The second-order valence-corrected chi connectivity index (χ2v) is 3.58. The molecule has 0 spiro atoms. The molecule has 8 heteroatoms. The SMILES string of the molecule is CNC(=S)[NH+]=Nc1c(O)[nH]c2ccccc12.[Cl][Cu+]. The molecule has 2 rings (SSSR count). The maximum atomic E-state index is 9.67. The number of aromatic hydroxyl groups is 1. The number of aromatic nitrogens is 1. The predicted octanol–water partition coefficient (Wildman–Crippen LogP) is 1.23. The summed E-state index contributed by atoms with van der Waals surface area (Å²) >= 11 is 8.55. The second-order valence-electron chi connectivity index (χ2n) is 3.17. The van der Waals surface area contributed by atoms with E-state index in [2.05, 4.69) is 45.7 Å². The summed E-state index contributed by atoms with van der Waals surface area (Å²) in [6.45, 7) is 0. The van der Waals surface area contributed by atoms with E-state index in [4.69, 9.17) is 12.2 Å². The number of azo groups is 1. The van der Waals surface area contributed by atoms with E-state index in [0.29, 0.717) is 10.8 Å². The average molecular weight is 334 g/mol. The summed E-state index contributed by atoms with van der Waals surface area (Å²) < 4.78 is 0. The van der Waals surface area contributed by atoms with E-state index < -0.39 is 0 Å². The van der Waals surface area contributed by atoms with Gasteiger partial charge in [0.25, 0.3) is 0 Å². The molecule has 1 aromatic carbocycles. The third-order valence-electron chi connectivity index (χ3n) is 2.16. The Kier molecular flexibility index (Phi) is 6.07. The van der Waals surface area contributed by atoms with Crippen molar-refractivity contribution in [1.29, 1.82) is 0 Å². The van der Waals surface area contributed by atoms with Gasteiger partial charge in [-0.15, -0.1) is 5.11 Å². The monoisotopic (exact) mass is 333 g/mol. The Labute approximate surface area is 122 Å². The Bertz CT molecular complexity index is 572. The summed E-state index contributed by atoms with van der Waals surface area (Å²) in [6, 6.07) is 7.50. The van der Waals surface area contributed by atoms with Crippen LogP contribution in [0.15, 0.2) is 29.4 Å². The maximum absolute atomic E-state index is 9.67. The van der Waals surface area contributed by atoms with Crippen molar-refractivity contribution in [1.82, 2.24) is 10.3 Å². The van der Waals surface area contributed by atoms with Gasteiger partial charge in [-0.2, -0.15) is 0 Å². The fraction of sp³-hybridized carbons (Fsp3) is 0.100. The molecular formula is C10H11ClCuN4OS+2. The zero-order chi connectivity index (χ0) is 13.5. The summed E-state index contributed by atoms with van der Waals surface area (Å²) in [6.07, 6.45) is 0. The molecular weight excluding hydrogens is 323 g/mol. The van der Waals surface area contributed by atoms with Gasteiger partial charge in [-0.3, -0.25) is 5.32 Å². The van der Waals surface area contributed by atoms with Crippen LogP contribution >= 0.6 is 22.3 Å². The van der Waals surface area contributed by atoms with E-state index in [1.54, 1.807) is 7.05 Å². The molecule has 5 nitrogen and oxygen atoms in total. The summed E-state index contributed by atoms with van der Waals surface area (Å²) in [7, 11) is 5.90. The fourth-order valence-corrected chi connectivity index (χ4v) is 1.43. The zero-order valence-electron chi connectivity index (χ0n) is 9.29. The normalized spacial score (nSPS) is 10.2. The van der Waals surface area contributed by atoms with Gasteiger partial charge in [0, 0.05) is 17.6 Å². The van der Waals surface area contributed by atoms with E-state index in [9.17, 15) is 5.11 Å². The Morgan fingerprint density at radius 1 is 1.50 bits per heavy atom. The molecule has 0 saturated heterocycles. The molecule has 0 unspecified atom stereocenters. The molecule has 0 aliphatic rings. The van der Waals surface area contributed by atoms with E-state index in [-0.39, 0.29) is 5.88 Å². The molecule has 1 aromatic heterocycles. The van der Waals surface area contributed by atoms with Crippen molar-refractivity contribution in [2.45, 2.75) is 0 Å². The Morgan fingerprint density at radius 3 is 2.83 bits per heavy atom. The van der Waals surface area contributed by atoms with Crippen molar-refractivity contribution in [2.24, 2.45) is 5.11 Å². The number of nitrogens with one attached hydrogen (secondary N) is 3. The van der Waals surface area contributed by atoms with Crippen molar-refractivity contribution in [3.8, 4) is 5.88 Å². The molecule has 18 heavy (non-hydrogen) atoms. The topological polar surface area (TPSA) is 74.4 Å². The molecule has 4 N–H and O–H groups in total. The molecule has 0 aliphatic heterocycles. The van der Waals surface area contributed by atoms with Gasteiger partial charge in [0.2, 0.25) is 5.88 Å². The van der Waals surface area contributed by atoms with Crippen molar-refractivity contribution in [3.05, 3.63) is 24.3 Å². The number of nitrogens with zero attached hydrogens (tertiary/aromatic N) is 1. The fourth-order valence-electron chi connectivity index (χ4n) is 1.39. The van der Waals surface area contributed by atoms with Crippen molar-refractivity contribution < 1.29 is 25.3 Å². The van der Waals surface area contributed by atoms with Crippen LogP contribution in [0.3, 0.4) is 0 Å². The number of hydrogen-bond acceptors (Lipinski definition) is 3. The first-order valence-electron chi connectivity index (χ1n) is 4.82. The quantitative estimate of drug-likeness (QED) is 0.360. The minimum atomic E-state index is 0.0209. The first-order chi connectivity index (χ1) is 8.72. The molecule has 1 heterocycles. The first kappa shape index (κ1) is 14.9. The van der Waals surface area contributed by atoms with Gasteiger partial charge >= 0.3 is 30.3 Å². The molecule has 0 saturated carbocycles. The summed E-state index contributed by atoms with van der Waals surface area (Å²) in [5, 5.41) is 20.3. The molecule has 0 aliphatic carbocycles. The number of thiocarbonyl (C=S) groups is 1. The molecule has 0 bridgehead atoms. The standard InChI is InChI=1S/C10H10N4OS.ClH.Cu/c1-11-10(16)14-13-8-6-4-2-3-5-7(6)12-9(8)15;;/h2-5,12,15H,1H3,(H,11,16);1H;/q;;+2. The van der Waals surface area contributed by atoms with Crippen LogP contribution in [-0.2, 0) is 15.1 Å². The Hall–Kier alpha value is -1.14. The summed E-state index contributed by atoms with van der Waals surface area (Å²) in [5.41, 5.74) is 1.28. The molecule has 2 aromatic rings. The van der Waals surface area contributed by atoms with Gasteiger partial charge in [-0.25, -0.2) is 0 Å². The van der Waals surface area contributed by atoms with Crippen LogP contribution in [0.5, 0.6) is 5.88 Å². The van der Waals surface area contributed by atoms with E-state index >= 15 is 0 Å². The van der Waals surface area contributed by atoms with Gasteiger partial charge in [-0.1, -0.05) is 23.3 Å². The van der Waals surface area contributed by atoms with E-state index in [1.165, 1.54) is 0 Å². The molecule has 0 atom stereocenters. The van der Waals surface area contributed by atoms with Crippen LogP contribution in [0.4, 0.5) is 5.69 Å². The van der Waals surface area contributed by atoms with Crippen LogP contribution in [0.2, 0.25) is 0 Å². The predicted molar refractivity (Wildman–Crippen MR) is 70.5 cm³/mol. The van der Waals surface area contributed by atoms with Crippen molar-refractivity contribution in [3.63, 3.8) is 0 Å². The summed E-state index contributed by atoms with van der Waals surface area (Å²) in [5.74, 6) is 0.0209. The Balaban J connectivity index is 0.000000771. The average Bonchev–Trinajstić information content (AvgIpc) is 2.74. The first-order valence-corrected chi connectivity index (χ1v) is 6.52. The van der Waals surface area contributed by atoms with Gasteiger partial charge in [-0.05, 0) is 6.07 Å². The van der Waals surface area contributed by atoms with Crippen LogP contribution < -0.4 is 10.4 Å². The number of aromatic amines is 1. The number of fused-ring (bicyclic) bond motifs is 1. The number of rotatable bonds is 1. The third kappa shape index (κ3) is 3.43. The molecule has 0 fully saturated rings. The van der Waals surface area contributed by atoms with Crippen LogP contribution in [0.1, 0.15) is 0 Å². The zero-order valence-corrected chi connectivity index (χ0v) is 11.8. The molecule has 99 valence electrons. The molecule has 0 amide bonds. The van der Waals surface area contributed by atoms with Crippen molar-refractivity contribution in [2.75, 3.05) is 7.05 Å². The molecule has 0 radical (unpaired) electrons. The van der Waals surface area contributed by atoms with Crippen LogP contribution in [0.25, 0.3) is 10.9 Å². The van der Waals surface area contributed by atoms with Gasteiger partial charge in [0.05, 0.1) is 12.6 Å². The summed E-state index contributed by atoms with van der Waals surface area (Å²) in [4.78, 5) is 2.83. The number of H-pyrrole nitrogens is 1. The van der Waals surface area contributed by atoms with E-state index in [0.717, 1.165) is 10.9 Å². The second kappa shape index (κ2) is 7.33. The van der Waals surface area contributed by atoms with Crippen molar-refractivity contribution >= 4 is 44.0 Å². The van der Waals surface area contributed by atoms with Gasteiger partial charge in [0.15, 0.2) is 5.69 Å². The van der Waals surface area contributed by atoms with Gasteiger partial charge < -0.3 is 10.1 Å². The van der Waals surface area contributed by atoms with E-state index in [1.807, 2.05) is 24.3 Å². The third-order valence-corrected chi connectivity index (χ3v) is 2.45. The number of halogens is 1. The van der Waals surface area contributed by atoms with Crippen LogP contribution in [-0.4, -0.2) is 22.3 Å². The Morgan fingerprint density at radius 2 is 2.17 bits per heavy atom. The number of hydrogen-bond donors (Lipinski definition) is 4. The number of para-hydroxylation sites is 1. The van der Waals surface area contributed by atoms with Crippen LogP contribution in [0, 0.1) is 0 Å². The van der Waals surface area contributed by atoms with Gasteiger partial charge in [0.1, 0.15) is 0 Å².